The molecule has 0 fully saturated rings. The molecule has 0 aliphatic rings. The van der Waals surface area contributed by atoms with Gasteiger partial charge in [0.15, 0.2) is 0 Å². The highest BCUT2D eigenvalue weighted by Crippen LogP contribution is 2.46. The molecule has 0 bridgehead atoms. The number of carbonyl (C=O) groups is 1. The highest BCUT2D eigenvalue weighted by Gasteiger charge is 2.75. The summed E-state index contributed by atoms with van der Waals surface area (Å²) in [7, 11) is -5.75. The lowest BCUT2D eigenvalue weighted by Crippen LogP contribution is -2.63. The summed E-state index contributed by atoms with van der Waals surface area (Å²) < 4.78 is 107. The molecule has 0 spiro atoms. The molecule has 0 unspecified atom stereocenters. The molecule has 19 heavy (non-hydrogen) atoms. The minimum atomic E-state index is -6.32. The first-order valence-corrected chi connectivity index (χ1v) is 5.71. The van der Waals surface area contributed by atoms with E-state index in [9.17, 15) is 39.6 Å². The van der Waals surface area contributed by atoms with E-state index < -0.39 is 39.8 Å². The van der Waals surface area contributed by atoms with Crippen molar-refractivity contribution in [3.05, 3.63) is 12.7 Å². The number of alkyl halides is 6. The molecule has 0 aliphatic carbocycles. The van der Waals surface area contributed by atoms with E-state index in [1.54, 1.807) is 0 Å². The number of ether oxygens (including phenoxy) is 1. The van der Waals surface area contributed by atoms with Gasteiger partial charge < -0.3 is 4.74 Å². The fourth-order valence-corrected chi connectivity index (χ4v) is 1.84. The van der Waals surface area contributed by atoms with Crippen molar-refractivity contribution in [3.63, 3.8) is 0 Å². The molecule has 0 aliphatic heterocycles. The molecule has 0 heterocycles. The first-order chi connectivity index (χ1) is 8.16. The van der Waals surface area contributed by atoms with Crippen LogP contribution in [0, 0.1) is 0 Å². The number of hydrogen-bond donors (Lipinski definition) is 1. The molecule has 0 radical (unpaired) electrons. The van der Waals surface area contributed by atoms with E-state index in [4.69, 9.17) is 4.55 Å². The Labute approximate surface area is 102 Å². The van der Waals surface area contributed by atoms with Crippen LogP contribution in [0.3, 0.4) is 0 Å². The molecule has 0 saturated carbocycles. The second-order valence-electron chi connectivity index (χ2n) is 3.17. The highest BCUT2D eigenvalue weighted by atomic mass is 32.2. The topological polar surface area (TPSA) is 80.7 Å². The van der Waals surface area contributed by atoms with Gasteiger partial charge in [-0.2, -0.15) is 34.8 Å². The SMILES string of the molecule is C=CC(=O)OC(CS(=O)(=O)O)(C(F)(F)F)C(F)(F)F. The van der Waals surface area contributed by atoms with Crippen LogP contribution in [-0.4, -0.2) is 42.6 Å². The standard InChI is InChI=1S/C7H6F6O5S/c1-2-4(14)18-5(6(8,9)10,7(11,12)13)3-19(15,16)17/h2H,1,3H2,(H,15,16,17). The van der Waals surface area contributed by atoms with Crippen LogP contribution in [0.25, 0.3) is 0 Å². The zero-order chi connectivity index (χ0) is 15.7. The Kier molecular flexibility index (Phi) is 4.66. The van der Waals surface area contributed by atoms with Crippen molar-refractivity contribution in [1.82, 2.24) is 0 Å². The maximum atomic E-state index is 12.5. The Hall–Kier alpha value is -1.30. The lowest BCUT2D eigenvalue weighted by Gasteiger charge is -2.35. The second kappa shape index (κ2) is 5.00. The Balaban J connectivity index is 6.04. The summed E-state index contributed by atoms with van der Waals surface area (Å²) in [6.07, 6.45) is -12.7. The van der Waals surface area contributed by atoms with Crippen molar-refractivity contribution in [2.45, 2.75) is 18.0 Å². The number of rotatable bonds is 4. The maximum Gasteiger partial charge on any atom is 0.438 e. The molecule has 0 rings (SSSR count). The third-order valence-electron chi connectivity index (χ3n) is 1.74. The smallest absolute Gasteiger partial charge is 0.435 e. The molecule has 0 aromatic heterocycles. The predicted octanol–water partition coefficient (Wildman–Crippen LogP) is 1.47. The molecular weight excluding hydrogens is 310 g/mol. The average Bonchev–Trinajstić information content (AvgIpc) is 2.10. The molecule has 5 nitrogen and oxygen atoms in total. The van der Waals surface area contributed by atoms with E-state index >= 15 is 0 Å². The van der Waals surface area contributed by atoms with Crippen molar-refractivity contribution in [1.29, 1.82) is 0 Å². The van der Waals surface area contributed by atoms with Crippen molar-refractivity contribution in [2.24, 2.45) is 0 Å². The first kappa shape index (κ1) is 17.7. The molecule has 112 valence electrons. The maximum absolute atomic E-state index is 12.5. The number of carbonyl (C=O) groups excluding carboxylic acids is 1. The molecule has 0 aromatic rings. The van der Waals surface area contributed by atoms with Gasteiger partial charge in [-0.1, -0.05) is 6.58 Å². The van der Waals surface area contributed by atoms with Crippen LogP contribution in [0.4, 0.5) is 26.3 Å². The summed E-state index contributed by atoms with van der Waals surface area (Å²) in [6, 6.07) is 0. The molecule has 0 saturated heterocycles. The average molecular weight is 316 g/mol. The largest absolute Gasteiger partial charge is 0.438 e. The van der Waals surface area contributed by atoms with Gasteiger partial charge in [0.1, 0.15) is 5.75 Å². The van der Waals surface area contributed by atoms with Gasteiger partial charge in [-0.05, 0) is 0 Å². The Morgan fingerprint density at radius 3 is 1.74 bits per heavy atom. The zero-order valence-electron chi connectivity index (χ0n) is 8.75. The number of halogens is 6. The third-order valence-corrected chi connectivity index (χ3v) is 2.51. The minimum Gasteiger partial charge on any atom is -0.435 e. The van der Waals surface area contributed by atoms with Gasteiger partial charge in [-0.25, -0.2) is 4.79 Å². The summed E-state index contributed by atoms with van der Waals surface area (Å²) >= 11 is 0. The lowest BCUT2D eigenvalue weighted by atomic mass is 10.1. The van der Waals surface area contributed by atoms with E-state index in [0.29, 0.717) is 0 Å². The summed E-state index contributed by atoms with van der Waals surface area (Å²) in [5.74, 6) is -5.06. The monoisotopic (exact) mass is 316 g/mol. The Bertz CT molecular complexity index is 447. The van der Waals surface area contributed by atoms with Gasteiger partial charge in [0, 0.05) is 6.08 Å². The summed E-state index contributed by atoms with van der Waals surface area (Å²) in [4.78, 5) is 10.6. The highest BCUT2D eigenvalue weighted by molar-refractivity contribution is 7.85. The van der Waals surface area contributed by atoms with Gasteiger partial charge in [0.25, 0.3) is 10.1 Å². The molecule has 1 N–H and O–H groups in total. The van der Waals surface area contributed by atoms with E-state index in [-0.39, 0.29) is 6.08 Å². The number of hydrogen-bond acceptors (Lipinski definition) is 4. The van der Waals surface area contributed by atoms with Gasteiger partial charge >= 0.3 is 23.9 Å². The van der Waals surface area contributed by atoms with Crippen molar-refractivity contribution >= 4 is 16.1 Å². The van der Waals surface area contributed by atoms with Crippen LogP contribution in [0.2, 0.25) is 0 Å². The van der Waals surface area contributed by atoms with Crippen LogP contribution in [0.5, 0.6) is 0 Å². The fourth-order valence-electron chi connectivity index (χ4n) is 0.940. The number of esters is 1. The lowest BCUT2D eigenvalue weighted by molar-refractivity contribution is -0.360. The van der Waals surface area contributed by atoms with Crippen molar-refractivity contribution in [2.75, 3.05) is 5.75 Å². The van der Waals surface area contributed by atoms with Crippen LogP contribution in [0.15, 0.2) is 12.7 Å². The van der Waals surface area contributed by atoms with Gasteiger partial charge in [-0.15, -0.1) is 0 Å². The quantitative estimate of drug-likeness (QED) is 0.368. The van der Waals surface area contributed by atoms with Gasteiger partial charge in [-0.3, -0.25) is 4.55 Å². The Morgan fingerprint density at radius 1 is 1.16 bits per heavy atom. The van der Waals surface area contributed by atoms with Crippen LogP contribution in [0.1, 0.15) is 0 Å². The van der Waals surface area contributed by atoms with E-state index in [0.717, 1.165) is 0 Å². The first-order valence-electron chi connectivity index (χ1n) is 4.10. The molecule has 0 aromatic carbocycles. The van der Waals surface area contributed by atoms with Crippen LogP contribution < -0.4 is 0 Å². The van der Waals surface area contributed by atoms with Gasteiger partial charge in [0.05, 0.1) is 0 Å². The van der Waals surface area contributed by atoms with Crippen molar-refractivity contribution < 1.29 is 48.8 Å². The Morgan fingerprint density at radius 2 is 1.53 bits per heavy atom. The predicted molar refractivity (Wildman–Crippen MR) is 47.5 cm³/mol. The van der Waals surface area contributed by atoms with Crippen LogP contribution >= 0.6 is 0 Å². The normalized spacial score (nSPS) is 14.1. The van der Waals surface area contributed by atoms with Gasteiger partial charge in [0.2, 0.25) is 0 Å². The minimum absolute atomic E-state index is 0.0176. The third kappa shape index (κ3) is 4.09. The molecule has 12 heteroatoms. The van der Waals surface area contributed by atoms with Crippen LogP contribution in [-0.2, 0) is 19.6 Å². The fraction of sp³-hybridized carbons (Fsp3) is 0.571. The van der Waals surface area contributed by atoms with E-state index in [1.165, 1.54) is 0 Å². The van der Waals surface area contributed by atoms with Crippen molar-refractivity contribution in [3.8, 4) is 0 Å². The molecular formula is C7H6F6O5S. The second-order valence-corrected chi connectivity index (χ2v) is 4.63. The van der Waals surface area contributed by atoms with E-state index in [1.807, 2.05) is 0 Å². The molecule has 0 atom stereocenters. The molecule has 0 amide bonds. The summed E-state index contributed by atoms with van der Waals surface area (Å²) in [6.45, 7) is 2.58. The zero-order valence-corrected chi connectivity index (χ0v) is 9.56. The summed E-state index contributed by atoms with van der Waals surface area (Å²) in [5.41, 5.74) is -5.38. The van der Waals surface area contributed by atoms with E-state index in [2.05, 4.69) is 11.3 Å². The summed E-state index contributed by atoms with van der Waals surface area (Å²) in [5, 5.41) is 0.